The number of hydrogen-bond donors (Lipinski definition) is 1. The summed E-state index contributed by atoms with van der Waals surface area (Å²) in [6, 6.07) is 2.16. The summed E-state index contributed by atoms with van der Waals surface area (Å²) in [5.74, 6) is 1.07. The maximum atomic E-state index is 12.8. The van der Waals surface area contributed by atoms with E-state index in [1.54, 1.807) is 0 Å². The quantitative estimate of drug-likeness (QED) is 0.782. The van der Waals surface area contributed by atoms with Crippen molar-refractivity contribution in [1.29, 1.82) is 5.26 Å². The predicted octanol–water partition coefficient (Wildman–Crippen LogP) is 3.79. The Morgan fingerprint density at radius 2 is 1.81 bits per heavy atom. The topological polar surface area (TPSA) is 52.9 Å². The Morgan fingerprint density at radius 3 is 2.38 bits per heavy atom. The monoisotopic (exact) mass is 288 g/mol. The number of carbonyl (C=O) groups is 1. The summed E-state index contributed by atoms with van der Waals surface area (Å²) in [4.78, 5) is 12.8. The first kappa shape index (κ1) is 14.9. The van der Waals surface area contributed by atoms with E-state index in [0.29, 0.717) is 23.2 Å². The first-order chi connectivity index (χ1) is 9.89. The van der Waals surface area contributed by atoms with Gasteiger partial charge < -0.3 is 5.32 Å². The molecule has 0 aromatic rings. The van der Waals surface area contributed by atoms with Crippen LogP contribution in [0.3, 0.4) is 0 Å². The molecule has 4 rings (SSSR count). The lowest BCUT2D eigenvalue weighted by molar-refractivity contribution is -0.170. The van der Waals surface area contributed by atoms with Crippen molar-refractivity contribution in [3.8, 4) is 6.07 Å². The number of amides is 1. The zero-order valence-electron chi connectivity index (χ0n) is 13.5. The summed E-state index contributed by atoms with van der Waals surface area (Å²) >= 11 is 0. The molecule has 0 aromatic carbocycles. The van der Waals surface area contributed by atoms with Crippen LogP contribution in [0.25, 0.3) is 0 Å². The zero-order chi connectivity index (χ0) is 15.1. The van der Waals surface area contributed by atoms with Crippen LogP contribution in [0.2, 0.25) is 0 Å². The Kier molecular flexibility index (Phi) is 3.55. The van der Waals surface area contributed by atoms with Crippen molar-refractivity contribution >= 4 is 5.91 Å². The van der Waals surface area contributed by atoms with Gasteiger partial charge in [-0.25, -0.2) is 0 Å². The first-order valence-corrected chi connectivity index (χ1v) is 8.54. The van der Waals surface area contributed by atoms with Crippen LogP contribution in [0.1, 0.15) is 71.6 Å². The standard InChI is InChI=1S/C18H28N2O/c1-16-8-14-9-17(2,11-16)13-18(10-14,12-16)15(21)20-7-5-3-4-6-19/h14H,3-5,7-13H2,1-2H3,(H,20,21). The summed E-state index contributed by atoms with van der Waals surface area (Å²) in [5.41, 5.74) is 0.705. The molecule has 4 aliphatic carbocycles. The van der Waals surface area contributed by atoms with Crippen molar-refractivity contribution in [2.45, 2.75) is 71.6 Å². The number of nitriles is 1. The fourth-order valence-corrected chi connectivity index (χ4v) is 6.42. The lowest BCUT2D eigenvalue weighted by Gasteiger charge is -2.64. The largest absolute Gasteiger partial charge is 0.356 e. The molecule has 0 radical (unpaired) electrons. The van der Waals surface area contributed by atoms with E-state index in [0.717, 1.165) is 44.6 Å². The highest BCUT2D eigenvalue weighted by Gasteiger charge is 2.62. The highest BCUT2D eigenvalue weighted by Crippen LogP contribution is 2.69. The van der Waals surface area contributed by atoms with Crippen LogP contribution in [0.5, 0.6) is 0 Å². The van der Waals surface area contributed by atoms with Crippen molar-refractivity contribution in [3.05, 3.63) is 0 Å². The van der Waals surface area contributed by atoms with Gasteiger partial charge in [-0.3, -0.25) is 4.79 Å². The van der Waals surface area contributed by atoms with Crippen molar-refractivity contribution < 1.29 is 4.79 Å². The van der Waals surface area contributed by atoms with Crippen molar-refractivity contribution in [1.82, 2.24) is 5.32 Å². The molecule has 4 fully saturated rings. The maximum absolute atomic E-state index is 12.8. The van der Waals surface area contributed by atoms with Crippen LogP contribution in [0.15, 0.2) is 0 Å². The van der Waals surface area contributed by atoms with E-state index in [1.807, 2.05) is 0 Å². The number of carbonyl (C=O) groups excluding carboxylic acids is 1. The van der Waals surface area contributed by atoms with Crippen LogP contribution < -0.4 is 5.32 Å². The molecular formula is C18H28N2O. The van der Waals surface area contributed by atoms with E-state index < -0.39 is 0 Å². The normalized spacial score (nSPS) is 43.6. The second kappa shape index (κ2) is 5.00. The SMILES string of the molecule is CC12CC3CC(C)(C1)CC(C(=O)NCCCCC#N)(C3)C2. The number of hydrogen-bond acceptors (Lipinski definition) is 2. The second-order valence-corrected chi connectivity index (χ2v) is 8.78. The van der Waals surface area contributed by atoms with Gasteiger partial charge in [0.05, 0.1) is 11.5 Å². The third-order valence-corrected chi connectivity index (χ3v) is 6.11. The molecule has 3 nitrogen and oxygen atoms in total. The Bertz CT molecular complexity index is 460. The molecule has 0 aromatic heterocycles. The molecule has 1 N–H and O–H groups in total. The van der Waals surface area contributed by atoms with Gasteiger partial charge in [0.25, 0.3) is 0 Å². The Labute approximate surface area is 128 Å². The van der Waals surface area contributed by atoms with Crippen LogP contribution in [-0.2, 0) is 4.79 Å². The fraction of sp³-hybridized carbons (Fsp3) is 0.889. The van der Waals surface area contributed by atoms with Gasteiger partial charge in [-0.1, -0.05) is 13.8 Å². The van der Waals surface area contributed by atoms with Crippen molar-refractivity contribution in [2.24, 2.45) is 22.2 Å². The number of unbranched alkanes of at least 4 members (excludes halogenated alkanes) is 2. The molecule has 0 aliphatic heterocycles. The second-order valence-electron chi connectivity index (χ2n) is 8.78. The highest BCUT2D eigenvalue weighted by atomic mass is 16.2. The fourth-order valence-electron chi connectivity index (χ4n) is 6.42. The van der Waals surface area contributed by atoms with Gasteiger partial charge in [-0.2, -0.15) is 5.26 Å². The van der Waals surface area contributed by atoms with Gasteiger partial charge in [-0.05, 0) is 68.1 Å². The molecule has 4 bridgehead atoms. The van der Waals surface area contributed by atoms with Crippen LogP contribution in [0, 0.1) is 33.5 Å². The van der Waals surface area contributed by atoms with E-state index >= 15 is 0 Å². The Balaban J connectivity index is 1.64. The summed E-state index contributed by atoms with van der Waals surface area (Å²) in [7, 11) is 0. The lowest BCUT2D eigenvalue weighted by Crippen LogP contribution is -2.59. The maximum Gasteiger partial charge on any atom is 0.226 e. The molecule has 0 saturated heterocycles. The molecule has 3 heteroatoms. The molecule has 21 heavy (non-hydrogen) atoms. The molecule has 1 amide bonds. The minimum atomic E-state index is -0.0852. The summed E-state index contributed by atoms with van der Waals surface area (Å²) in [6.45, 7) is 5.55. The van der Waals surface area contributed by atoms with Crippen LogP contribution in [-0.4, -0.2) is 12.5 Å². The van der Waals surface area contributed by atoms with E-state index in [1.165, 1.54) is 19.3 Å². The predicted molar refractivity (Wildman–Crippen MR) is 82.3 cm³/mol. The van der Waals surface area contributed by atoms with Crippen molar-refractivity contribution in [3.63, 3.8) is 0 Å². The minimum Gasteiger partial charge on any atom is -0.356 e. The third-order valence-electron chi connectivity index (χ3n) is 6.11. The van der Waals surface area contributed by atoms with E-state index in [9.17, 15) is 4.79 Å². The van der Waals surface area contributed by atoms with Crippen molar-refractivity contribution in [2.75, 3.05) is 6.54 Å². The van der Waals surface area contributed by atoms with E-state index in [2.05, 4.69) is 25.2 Å². The smallest absolute Gasteiger partial charge is 0.226 e. The highest BCUT2D eigenvalue weighted by molar-refractivity contribution is 5.83. The zero-order valence-corrected chi connectivity index (χ0v) is 13.5. The molecular weight excluding hydrogens is 260 g/mol. The molecule has 116 valence electrons. The van der Waals surface area contributed by atoms with E-state index in [4.69, 9.17) is 5.26 Å². The average molecular weight is 288 g/mol. The van der Waals surface area contributed by atoms with Gasteiger partial charge >= 0.3 is 0 Å². The minimum absolute atomic E-state index is 0.0852. The average Bonchev–Trinajstić information content (AvgIpc) is 2.33. The number of nitrogens with zero attached hydrogens (tertiary/aromatic N) is 1. The Hall–Kier alpha value is -1.04. The first-order valence-electron chi connectivity index (χ1n) is 8.54. The Morgan fingerprint density at radius 1 is 1.14 bits per heavy atom. The third kappa shape index (κ3) is 2.70. The van der Waals surface area contributed by atoms with Crippen LogP contribution >= 0.6 is 0 Å². The molecule has 0 heterocycles. The molecule has 4 saturated carbocycles. The summed E-state index contributed by atoms with van der Waals surface area (Å²) in [6.07, 6.45) is 9.69. The lowest BCUT2D eigenvalue weighted by atomic mass is 9.40. The number of nitrogens with one attached hydrogen (secondary N) is 1. The van der Waals surface area contributed by atoms with E-state index in [-0.39, 0.29) is 5.41 Å². The summed E-state index contributed by atoms with van der Waals surface area (Å²) < 4.78 is 0. The molecule has 4 aliphatic rings. The van der Waals surface area contributed by atoms with Gasteiger partial charge in [0.15, 0.2) is 0 Å². The summed E-state index contributed by atoms with van der Waals surface area (Å²) in [5, 5.41) is 11.7. The molecule has 2 unspecified atom stereocenters. The van der Waals surface area contributed by atoms with Crippen LogP contribution in [0.4, 0.5) is 0 Å². The number of rotatable bonds is 5. The van der Waals surface area contributed by atoms with Gasteiger partial charge in [0.1, 0.15) is 0 Å². The van der Waals surface area contributed by atoms with Gasteiger partial charge in [-0.15, -0.1) is 0 Å². The van der Waals surface area contributed by atoms with Gasteiger partial charge in [0, 0.05) is 13.0 Å². The van der Waals surface area contributed by atoms with Gasteiger partial charge in [0.2, 0.25) is 5.91 Å². The molecule has 0 spiro atoms. The molecule has 2 atom stereocenters.